The topological polar surface area (TPSA) is 18.5 Å². The Morgan fingerprint density at radius 2 is 0.788 bits per heavy atom. The Balaban J connectivity index is 0.000000248. The summed E-state index contributed by atoms with van der Waals surface area (Å²) in [5.41, 5.74) is 2.56. The molecule has 2 aliphatic rings. The zero-order valence-electron chi connectivity index (χ0n) is 43.4. The fraction of sp³-hybridized carbons (Fsp3) is 0.724. The molecule has 0 saturated carbocycles. The molecule has 4 aromatic rings. The van der Waals surface area contributed by atoms with Crippen LogP contribution >= 0.6 is 77.2 Å². The molecule has 8 heteroatoms. The van der Waals surface area contributed by atoms with Crippen LogP contribution in [0, 0.1) is 47.3 Å². The molecule has 2 nitrogen and oxygen atoms in total. The summed E-state index contributed by atoms with van der Waals surface area (Å²) in [4.78, 5) is 5.54. The van der Waals surface area contributed by atoms with E-state index >= 15 is 0 Å². The minimum absolute atomic E-state index is 0.137. The van der Waals surface area contributed by atoms with Crippen LogP contribution in [0.4, 0.5) is 0 Å². The molecule has 2 aliphatic heterocycles. The Morgan fingerprint density at radius 3 is 1.24 bits per heavy atom. The smallest absolute Gasteiger partial charge is 0.141 e. The quantitative estimate of drug-likeness (QED) is 0.0564. The molecule has 0 N–H and O–H groups in total. The molecule has 66 heavy (non-hydrogen) atoms. The van der Waals surface area contributed by atoms with Crippen molar-refractivity contribution in [3.05, 3.63) is 53.7 Å². The van der Waals surface area contributed by atoms with Crippen molar-refractivity contribution in [2.24, 2.45) is 47.3 Å². The van der Waals surface area contributed by atoms with E-state index in [1.165, 1.54) is 137 Å². The van der Waals surface area contributed by atoms with Crippen LogP contribution in [0.25, 0.3) is 19.5 Å². The van der Waals surface area contributed by atoms with E-state index in [4.69, 9.17) is 9.47 Å². The summed E-state index contributed by atoms with van der Waals surface area (Å²) in [6, 6.07) is 9.14. The molecule has 4 atom stereocenters. The van der Waals surface area contributed by atoms with Crippen molar-refractivity contribution in [2.75, 3.05) is 0 Å². The average molecular weight is 1110 g/mol. The second-order valence-electron chi connectivity index (χ2n) is 22.9. The van der Waals surface area contributed by atoms with Gasteiger partial charge in [0, 0.05) is 17.2 Å². The number of ether oxygens (including phenoxy) is 2. The standard InChI is InChI=1S/C29H44Br2OS2.C29H46OS2/c1-19(2)9-7-11-21(5)13-15-29(16-14-22(6)12-8-10-20(3)4)23-17-25(30)33-27(23)28-24(32-29)18-26(31)34-28;1-21(2)9-7-11-23(5)13-17-29(18-14-24(6)12-8-10-22(3)4)25-15-19-31-27(25)28-26(30-29)16-20-32-28/h17-22H,7-16H2,1-6H3;15-16,19-24H,7-14,17-18H2,1-6H3. The highest BCUT2D eigenvalue weighted by molar-refractivity contribution is 9.11. The van der Waals surface area contributed by atoms with Crippen LogP contribution in [-0.4, -0.2) is 0 Å². The van der Waals surface area contributed by atoms with Gasteiger partial charge in [0.15, 0.2) is 0 Å². The molecule has 0 spiro atoms. The fourth-order valence-corrected chi connectivity index (χ4v) is 15.7. The summed E-state index contributed by atoms with van der Waals surface area (Å²) in [6.45, 7) is 28.5. The van der Waals surface area contributed by atoms with Crippen molar-refractivity contribution >= 4 is 77.2 Å². The van der Waals surface area contributed by atoms with E-state index in [0.717, 1.165) is 88.3 Å². The predicted octanol–water partition coefficient (Wildman–Crippen LogP) is 22.6. The predicted molar refractivity (Wildman–Crippen MR) is 304 cm³/mol. The summed E-state index contributed by atoms with van der Waals surface area (Å²) in [5.74, 6) is 8.47. The number of halogens is 2. The van der Waals surface area contributed by atoms with Crippen molar-refractivity contribution in [1.29, 1.82) is 0 Å². The maximum Gasteiger partial charge on any atom is 0.141 e. The molecule has 0 aromatic carbocycles. The first-order chi connectivity index (χ1) is 31.4. The number of fused-ring (bicyclic) bond motifs is 6. The van der Waals surface area contributed by atoms with E-state index < -0.39 is 0 Å². The molecular formula is C58H90Br2O2S4. The van der Waals surface area contributed by atoms with Gasteiger partial charge in [-0.3, -0.25) is 0 Å². The summed E-state index contributed by atoms with van der Waals surface area (Å²) in [7, 11) is 0. The Labute approximate surface area is 437 Å². The maximum atomic E-state index is 7.03. The van der Waals surface area contributed by atoms with Gasteiger partial charge < -0.3 is 9.47 Å². The van der Waals surface area contributed by atoms with Crippen molar-refractivity contribution < 1.29 is 9.47 Å². The largest absolute Gasteiger partial charge is 0.481 e. The van der Waals surface area contributed by atoms with Crippen LogP contribution in [0.15, 0.2) is 42.6 Å². The van der Waals surface area contributed by atoms with Crippen LogP contribution in [0.2, 0.25) is 0 Å². The van der Waals surface area contributed by atoms with Crippen molar-refractivity contribution in [2.45, 2.75) is 223 Å². The Morgan fingerprint density at radius 1 is 0.409 bits per heavy atom. The van der Waals surface area contributed by atoms with Gasteiger partial charge in [-0.05, 0) is 160 Å². The monoisotopic (exact) mass is 1100 g/mol. The Hall–Kier alpha value is -0.640. The van der Waals surface area contributed by atoms with Gasteiger partial charge in [-0.25, -0.2) is 0 Å². The van der Waals surface area contributed by atoms with E-state index in [0.29, 0.717) is 0 Å². The molecular weight excluding hydrogens is 1020 g/mol. The third-order valence-corrected chi connectivity index (χ3v) is 20.1. The van der Waals surface area contributed by atoms with Crippen molar-refractivity contribution in [3.8, 4) is 31.0 Å². The summed E-state index contributed by atoms with van der Waals surface area (Å²) >= 11 is 15.0. The molecule has 4 aromatic heterocycles. The fourth-order valence-electron chi connectivity index (χ4n) is 10.4. The lowest BCUT2D eigenvalue weighted by Crippen LogP contribution is -2.36. The maximum absolute atomic E-state index is 7.03. The van der Waals surface area contributed by atoms with E-state index in [2.05, 4.69) is 150 Å². The molecule has 4 unspecified atom stereocenters. The molecule has 6 heterocycles. The summed E-state index contributed by atoms with van der Waals surface area (Å²) in [6.07, 6.45) is 25.6. The molecule has 0 amide bonds. The van der Waals surface area contributed by atoms with Crippen LogP contribution in [0.3, 0.4) is 0 Å². The first kappa shape index (κ1) is 56.3. The molecule has 0 aliphatic carbocycles. The van der Waals surface area contributed by atoms with Crippen molar-refractivity contribution in [1.82, 2.24) is 0 Å². The number of hydrogen-bond acceptors (Lipinski definition) is 6. The van der Waals surface area contributed by atoms with Gasteiger partial charge in [-0.2, -0.15) is 0 Å². The molecule has 0 radical (unpaired) electrons. The lowest BCUT2D eigenvalue weighted by Gasteiger charge is -2.39. The zero-order valence-corrected chi connectivity index (χ0v) is 49.9. The van der Waals surface area contributed by atoms with Gasteiger partial charge in [0.25, 0.3) is 0 Å². The highest BCUT2D eigenvalue weighted by Crippen LogP contribution is 2.58. The lowest BCUT2D eigenvalue weighted by molar-refractivity contribution is 0.0321. The molecule has 0 fully saturated rings. The van der Waals surface area contributed by atoms with Crippen LogP contribution < -0.4 is 9.47 Å². The minimum atomic E-state index is -0.204. The van der Waals surface area contributed by atoms with Gasteiger partial charge in [0.05, 0.1) is 27.1 Å². The second kappa shape index (κ2) is 27.3. The first-order valence-corrected chi connectivity index (χ1v) is 31.5. The van der Waals surface area contributed by atoms with Crippen LogP contribution in [0.5, 0.6) is 11.5 Å². The van der Waals surface area contributed by atoms with E-state index in [1.54, 1.807) is 11.3 Å². The molecule has 372 valence electrons. The van der Waals surface area contributed by atoms with Gasteiger partial charge in [0.1, 0.15) is 22.7 Å². The van der Waals surface area contributed by atoms with Gasteiger partial charge in [-0.1, -0.05) is 160 Å². The van der Waals surface area contributed by atoms with Gasteiger partial charge >= 0.3 is 0 Å². The van der Waals surface area contributed by atoms with Crippen molar-refractivity contribution in [3.63, 3.8) is 0 Å². The normalized spacial score (nSPS) is 19.4. The van der Waals surface area contributed by atoms with E-state index in [-0.39, 0.29) is 11.2 Å². The Kier molecular flexibility index (Phi) is 23.2. The van der Waals surface area contributed by atoms with E-state index in [9.17, 15) is 0 Å². The van der Waals surface area contributed by atoms with Gasteiger partial charge in [0.2, 0.25) is 0 Å². The number of hydrogen-bond donors (Lipinski definition) is 0. The summed E-state index contributed by atoms with van der Waals surface area (Å²) in [5, 5.41) is 4.49. The SMILES string of the molecule is CC(C)CCCC(C)CCC1(CCC(C)CCCC(C)C)Oc2cc(Br)sc2-c2sc(Br)cc21.CC(C)CCCC(C)CCC1(CCC(C)CCCC(C)C)Oc2ccsc2-c2sccc21. The third-order valence-electron chi connectivity index (χ3n) is 14.7. The second-order valence-corrected chi connectivity index (χ2v) is 29.6. The number of rotatable bonds is 28. The number of thiophene rings is 4. The van der Waals surface area contributed by atoms with Gasteiger partial charge in [-0.15, -0.1) is 45.3 Å². The molecule has 0 saturated heterocycles. The third kappa shape index (κ3) is 16.7. The minimum Gasteiger partial charge on any atom is -0.481 e. The van der Waals surface area contributed by atoms with Crippen LogP contribution in [-0.2, 0) is 11.2 Å². The highest BCUT2D eigenvalue weighted by Gasteiger charge is 2.44. The van der Waals surface area contributed by atoms with Crippen LogP contribution in [0.1, 0.15) is 223 Å². The Bertz CT molecular complexity index is 1930. The lowest BCUT2D eigenvalue weighted by atomic mass is 9.79. The van der Waals surface area contributed by atoms with E-state index in [1.807, 2.05) is 34.0 Å². The summed E-state index contributed by atoms with van der Waals surface area (Å²) < 4.78 is 16.4. The zero-order chi connectivity index (χ0) is 48.0. The molecule has 6 rings (SSSR count). The first-order valence-electron chi connectivity index (χ1n) is 26.5. The highest BCUT2D eigenvalue weighted by atomic mass is 79.9. The average Bonchev–Trinajstić information content (AvgIpc) is 4.07. The molecule has 0 bridgehead atoms.